The largest absolute Gasteiger partial charge is 0.481 e. The maximum atomic E-state index is 12.1. The first-order valence-corrected chi connectivity index (χ1v) is 8.30. The van der Waals surface area contributed by atoms with Gasteiger partial charge in [0, 0.05) is 5.02 Å². The Morgan fingerprint density at radius 3 is 2.44 bits per heavy atom. The monoisotopic (exact) mass is 360 g/mol. The van der Waals surface area contributed by atoms with Crippen LogP contribution in [-0.4, -0.2) is 17.9 Å². The van der Waals surface area contributed by atoms with Gasteiger partial charge in [0.05, 0.1) is 6.42 Å². The number of ether oxygens (including phenoxy) is 1. The normalized spacial score (nSPS) is 11.5. The fourth-order valence-electron chi connectivity index (χ4n) is 2.16. The van der Waals surface area contributed by atoms with Crippen molar-refractivity contribution in [3.63, 3.8) is 0 Å². The highest BCUT2D eigenvalue weighted by molar-refractivity contribution is 6.30. The summed E-state index contributed by atoms with van der Waals surface area (Å²) in [5.74, 6) is -0.102. The van der Waals surface area contributed by atoms with E-state index >= 15 is 0 Å². The van der Waals surface area contributed by atoms with E-state index in [1.54, 1.807) is 31.2 Å². The molecule has 0 aliphatic rings. The maximum absolute atomic E-state index is 12.1. The molecule has 132 valence electrons. The lowest BCUT2D eigenvalue weighted by atomic mass is 10.1. The van der Waals surface area contributed by atoms with Crippen LogP contribution in [0.4, 0.5) is 0 Å². The van der Waals surface area contributed by atoms with Crippen molar-refractivity contribution < 1.29 is 14.3 Å². The summed E-state index contributed by atoms with van der Waals surface area (Å²) >= 11 is 5.80. The summed E-state index contributed by atoms with van der Waals surface area (Å²) in [6, 6.07) is 12.6. The summed E-state index contributed by atoms with van der Waals surface area (Å²) in [6.45, 7) is 5.54. The lowest BCUT2D eigenvalue weighted by molar-refractivity contribution is -0.132. The minimum absolute atomic E-state index is 0.143. The molecule has 0 radical (unpaired) electrons. The zero-order valence-corrected chi connectivity index (χ0v) is 15.2. The molecular formula is C19H21ClN2O3. The number of amides is 2. The molecule has 2 aromatic carbocycles. The average molecular weight is 361 g/mol. The van der Waals surface area contributed by atoms with Crippen LogP contribution in [0.1, 0.15) is 23.6 Å². The minimum Gasteiger partial charge on any atom is -0.481 e. The molecule has 0 aliphatic heterocycles. The van der Waals surface area contributed by atoms with Crippen LogP contribution in [0.5, 0.6) is 5.75 Å². The molecule has 2 aromatic rings. The highest BCUT2D eigenvalue weighted by Gasteiger charge is 2.16. The van der Waals surface area contributed by atoms with Crippen molar-refractivity contribution >= 4 is 23.4 Å². The third-order valence-corrected chi connectivity index (χ3v) is 4.08. The Morgan fingerprint density at radius 1 is 1.08 bits per heavy atom. The molecule has 0 fully saturated rings. The number of hydrogen-bond acceptors (Lipinski definition) is 3. The van der Waals surface area contributed by atoms with Crippen molar-refractivity contribution in [2.45, 2.75) is 33.3 Å². The zero-order chi connectivity index (χ0) is 18.4. The summed E-state index contributed by atoms with van der Waals surface area (Å²) < 4.78 is 5.67. The Bertz CT molecular complexity index is 760. The van der Waals surface area contributed by atoms with E-state index in [4.69, 9.17) is 16.3 Å². The van der Waals surface area contributed by atoms with Crippen LogP contribution in [-0.2, 0) is 16.0 Å². The van der Waals surface area contributed by atoms with Crippen molar-refractivity contribution in [3.8, 4) is 5.75 Å². The van der Waals surface area contributed by atoms with Crippen molar-refractivity contribution in [1.29, 1.82) is 0 Å². The number of carbonyl (C=O) groups excluding carboxylic acids is 2. The van der Waals surface area contributed by atoms with Gasteiger partial charge < -0.3 is 4.74 Å². The average Bonchev–Trinajstić information content (AvgIpc) is 2.58. The fourth-order valence-corrected chi connectivity index (χ4v) is 2.29. The number of nitrogens with one attached hydrogen (secondary N) is 2. The predicted molar refractivity (Wildman–Crippen MR) is 97.4 cm³/mol. The summed E-state index contributed by atoms with van der Waals surface area (Å²) in [7, 11) is 0. The molecule has 25 heavy (non-hydrogen) atoms. The van der Waals surface area contributed by atoms with Crippen molar-refractivity contribution in [2.75, 3.05) is 0 Å². The first kappa shape index (κ1) is 18.8. The van der Waals surface area contributed by atoms with E-state index in [2.05, 4.69) is 10.9 Å². The topological polar surface area (TPSA) is 67.4 Å². The van der Waals surface area contributed by atoms with Gasteiger partial charge in [-0.2, -0.15) is 0 Å². The van der Waals surface area contributed by atoms with Crippen LogP contribution in [0.2, 0.25) is 5.02 Å². The van der Waals surface area contributed by atoms with Crippen LogP contribution in [0.25, 0.3) is 0 Å². The Balaban J connectivity index is 1.83. The van der Waals surface area contributed by atoms with E-state index in [0.717, 1.165) is 16.7 Å². The molecule has 0 saturated heterocycles. The number of halogens is 1. The second kappa shape index (κ2) is 8.53. The number of aryl methyl sites for hydroxylation is 1. The van der Waals surface area contributed by atoms with E-state index in [1.807, 2.05) is 32.0 Å². The first-order chi connectivity index (χ1) is 11.9. The third-order valence-electron chi connectivity index (χ3n) is 3.83. The molecule has 0 aliphatic carbocycles. The molecule has 2 amide bonds. The van der Waals surface area contributed by atoms with Crippen molar-refractivity contribution in [1.82, 2.24) is 10.9 Å². The van der Waals surface area contributed by atoms with Gasteiger partial charge >= 0.3 is 0 Å². The molecule has 0 bridgehead atoms. The molecule has 2 N–H and O–H groups in total. The molecule has 0 heterocycles. The number of rotatable bonds is 5. The standard InChI is InChI=1S/C19H21ClN2O3/c1-12-5-4-6-17(13(12)2)25-14(3)19(24)22-21-18(23)11-15-7-9-16(20)10-8-15/h4-10,14H,11H2,1-3H3,(H,21,23)(H,22,24)/t14-/m1/s1. The molecule has 1 atom stereocenters. The van der Waals surface area contributed by atoms with Crippen LogP contribution in [0.15, 0.2) is 42.5 Å². The Hall–Kier alpha value is -2.53. The Morgan fingerprint density at radius 2 is 1.76 bits per heavy atom. The number of hydrazine groups is 1. The van der Waals surface area contributed by atoms with E-state index in [1.165, 1.54) is 0 Å². The highest BCUT2D eigenvalue weighted by Crippen LogP contribution is 2.21. The van der Waals surface area contributed by atoms with Gasteiger partial charge in [-0.25, -0.2) is 0 Å². The SMILES string of the molecule is Cc1cccc(O[C@H](C)C(=O)NNC(=O)Cc2ccc(Cl)cc2)c1C. The van der Waals surface area contributed by atoms with Gasteiger partial charge in [-0.15, -0.1) is 0 Å². The van der Waals surface area contributed by atoms with E-state index in [-0.39, 0.29) is 12.3 Å². The van der Waals surface area contributed by atoms with E-state index in [9.17, 15) is 9.59 Å². The highest BCUT2D eigenvalue weighted by atomic mass is 35.5. The number of carbonyl (C=O) groups is 2. The van der Waals surface area contributed by atoms with Gasteiger partial charge in [-0.3, -0.25) is 20.4 Å². The molecule has 5 nitrogen and oxygen atoms in total. The molecule has 0 aromatic heterocycles. The van der Waals surface area contributed by atoms with Gasteiger partial charge in [-0.05, 0) is 55.7 Å². The lowest BCUT2D eigenvalue weighted by Crippen LogP contribution is -2.47. The molecular weight excluding hydrogens is 340 g/mol. The molecule has 6 heteroatoms. The Labute approximate surface area is 152 Å². The molecule has 2 rings (SSSR count). The van der Waals surface area contributed by atoms with Gasteiger partial charge in [0.1, 0.15) is 5.75 Å². The minimum atomic E-state index is -0.740. The summed E-state index contributed by atoms with van der Waals surface area (Å²) in [5, 5.41) is 0.606. The molecule has 0 saturated carbocycles. The van der Waals surface area contributed by atoms with Gasteiger partial charge in [0.15, 0.2) is 6.10 Å². The van der Waals surface area contributed by atoms with Crippen LogP contribution in [0.3, 0.4) is 0 Å². The Kier molecular flexibility index (Phi) is 6.42. The van der Waals surface area contributed by atoms with E-state index < -0.39 is 12.0 Å². The number of benzene rings is 2. The lowest BCUT2D eigenvalue weighted by Gasteiger charge is -2.17. The van der Waals surface area contributed by atoms with Gasteiger partial charge in [0.25, 0.3) is 5.91 Å². The zero-order valence-electron chi connectivity index (χ0n) is 14.4. The molecule has 0 unspecified atom stereocenters. The van der Waals surface area contributed by atoms with Crippen molar-refractivity contribution in [3.05, 3.63) is 64.2 Å². The quantitative estimate of drug-likeness (QED) is 0.805. The third kappa shape index (κ3) is 5.50. The number of hydrogen-bond donors (Lipinski definition) is 2. The van der Waals surface area contributed by atoms with Crippen LogP contribution >= 0.6 is 11.6 Å². The second-order valence-electron chi connectivity index (χ2n) is 5.80. The van der Waals surface area contributed by atoms with Crippen molar-refractivity contribution in [2.24, 2.45) is 0 Å². The smallest absolute Gasteiger partial charge is 0.279 e. The van der Waals surface area contributed by atoms with Gasteiger partial charge in [0.2, 0.25) is 5.91 Å². The predicted octanol–water partition coefficient (Wildman–Crippen LogP) is 3.11. The summed E-state index contributed by atoms with van der Waals surface area (Å²) in [6.07, 6.45) is -0.597. The fraction of sp³-hybridized carbons (Fsp3) is 0.263. The summed E-state index contributed by atoms with van der Waals surface area (Å²) in [4.78, 5) is 24.0. The molecule has 0 spiro atoms. The second-order valence-corrected chi connectivity index (χ2v) is 6.24. The summed E-state index contributed by atoms with van der Waals surface area (Å²) in [5.41, 5.74) is 7.63. The van der Waals surface area contributed by atoms with E-state index in [0.29, 0.717) is 10.8 Å². The van der Waals surface area contributed by atoms with Crippen LogP contribution in [0, 0.1) is 13.8 Å². The van der Waals surface area contributed by atoms with Gasteiger partial charge in [-0.1, -0.05) is 35.9 Å². The van der Waals surface area contributed by atoms with Crippen LogP contribution < -0.4 is 15.6 Å². The maximum Gasteiger partial charge on any atom is 0.279 e. The first-order valence-electron chi connectivity index (χ1n) is 7.93.